The van der Waals surface area contributed by atoms with Crippen LogP contribution in [-0.2, 0) is 9.59 Å². The summed E-state index contributed by atoms with van der Waals surface area (Å²) in [6.07, 6.45) is 0.517. The molecular formula is C12H20N2O3. The molecule has 1 saturated carbocycles. The van der Waals surface area contributed by atoms with Crippen LogP contribution in [0, 0.1) is 11.8 Å². The Kier molecular flexibility index (Phi) is 3.12. The van der Waals surface area contributed by atoms with Crippen LogP contribution in [0.25, 0.3) is 0 Å². The van der Waals surface area contributed by atoms with Gasteiger partial charge in [-0.15, -0.1) is 0 Å². The number of aliphatic carboxylic acids is 1. The minimum Gasteiger partial charge on any atom is -0.481 e. The molecule has 2 fully saturated rings. The van der Waals surface area contributed by atoms with Crippen LogP contribution in [0.2, 0.25) is 0 Å². The van der Waals surface area contributed by atoms with Crippen LogP contribution in [0.1, 0.15) is 20.3 Å². The quantitative estimate of drug-likeness (QED) is 0.752. The lowest BCUT2D eigenvalue weighted by molar-refractivity contribution is -0.143. The van der Waals surface area contributed by atoms with E-state index in [1.165, 1.54) is 0 Å². The standard InChI is InChI=1S/C12H20N2O3/c1-7-5-14(6-8(2)13(7)3)11(15)9-4-10(9)12(16)17/h7-10H,4-6H2,1-3H3,(H,16,17). The van der Waals surface area contributed by atoms with Crippen LogP contribution in [-0.4, -0.2) is 59.0 Å². The molecule has 0 radical (unpaired) electrons. The molecule has 2 aliphatic rings. The van der Waals surface area contributed by atoms with E-state index in [0.29, 0.717) is 31.6 Å². The van der Waals surface area contributed by atoms with Gasteiger partial charge in [-0.1, -0.05) is 0 Å². The number of carboxylic acid groups (broad SMARTS) is 1. The fourth-order valence-corrected chi connectivity index (χ4v) is 2.56. The molecule has 17 heavy (non-hydrogen) atoms. The second kappa shape index (κ2) is 4.29. The van der Waals surface area contributed by atoms with Crippen LogP contribution in [0.15, 0.2) is 0 Å². The number of carboxylic acids is 1. The number of hydrogen-bond acceptors (Lipinski definition) is 3. The third-order valence-corrected chi connectivity index (χ3v) is 4.10. The number of carbonyl (C=O) groups is 2. The van der Waals surface area contributed by atoms with Gasteiger partial charge in [0.25, 0.3) is 0 Å². The lowest BCUT2D eigenvalue weighted by Gasteiger charge is -2.42. The van der Waals surface area contributed by atoms with Crippen molar-refractivity contribution >= 4 is 11.9 Å². The Bertz CT molecular complexity index is 333. The first kappa shape index (κ1) is 12.4. The van der Waals surface area contributed by atoms with E-state index in [0.717, 1.165) is 0 Å². The number of nitrogens with zero attached hydrogens (tertiary/aromatic N) is 2. The molecule has 5 heteroatoms. The van der Waals surface area contributed by atoms with E-state index in [2.05, 4.69) is 25.8 Å². The Balaban J connectivity index is 1.95. The molecule has 96 valence electrons. The third kappa shape index (κ3) is 2.29. The molecule has 1 heterocycles. The van der Waals surface area contributed by atoms with Crippen molar-refractivity contribution in [2.24, 2.45) is 11.8 Å². The summed E-state index contributed by atoms with van der Waals surface area (Å²) in [5, 5.41) is 8.84. The average Bonchev–Trinajstić information content (AvgIpc) is 3.04. The van der Waals surface area contributed by atoms with Gasteiger partial charge in [0.05, 0.1) is 11.8 Å². The number of likely N-dealkylation sites (N-methyl/N-ethyl adjacent to an activating group) is 1. The lowest BCUT2D eigenvalue weighted by Crippen LogP contribution is -2.56. The molecule has 1 amide bonds. The van der Waals surface area contributed by atoms with E-state index in [4.69, 9.17) is 5.11 Å². The largest absolute Gasteiger partial charge is 0.481 e. The Morgan fingerprint density at radius 1 is 1.12 bits per heavy atom. The third-order valence-electron chi connectivity index (χ3n) is 4.10. The highest BCUT2D eigenvalue weighted by Crippen LogP contribution is 2.40. The molecule has 2 rings (SSSR count). The van der Waals surface area contributed by atoms with Gasteiger partial charge in [0, 0.05) is 25.2 Å². The van der Waals surface area contributed by atoms with Crippen LogP contribution in [0.5, 0.6) is 0 Å². The molecule has 1 aliphatic heterocycles. The highest BCUT2D eigenvalue weighted by atomic mass is 16.4. The first-order valence-corrected chi connectivity index (χ1v) is 6.15. The molecule has 0 aromatic carbocycles. The van der Waals surface area contributed by atoms with Gasteiger partial charge in [0.2, 0.25) is 5.91 Å². The highest BCUT2D eigenvalue weighted by Gasteiger charge is 2.50. The molecule has 1 N–H and O–H groups in total. The zero-order valence-electron chi connectivity index (χ0n) is 10.6. The maximum atomic E-state index is 12.1. The van der Waals surface area contributed by atoms with Crippen LogP contribution < -0.4 is 0 Å². The zero-order chi connectivity index (χ0) is 12.7. The minimum absolute atomic E-state index is 0.0317. The normalized spacial score (nSPS) is 37.9. The molecule has 0 bridgehead atoms. The summed E-state index contributed by atoms with van der Waals surface area (Å²) < 4.78 is 0. The Hall–Kier alpha value is -1.10. The maximum absolute atomic E-state index is 12.1. The summed E-state index contributed by atoms with van der Waals surface area (Å²) in [5.74, 6) is -1.51. The van der Waals surface area contributed by atoms with Crippen molar-refractivity contribution in [2.75, 3.05) is 20.1 Å². The molecule has 0 aromatic rings. The van der Waals surface area contributed by atoms with Crippen molar-refractivity contribution in [3.05, 3.63) is 0 Å². The van der Waals surface area contributed by atoms with Crippen molar-refractivity contribution in [3.8, 4) is 0 Å². The topological polar surface area (TPSA) is 60.9 Å². The molecule has 1 saturated heterocycles. The summed E-state index contributed by atoms with van der Waals surface area (Å²) in [7, 11) is 2.06. The number of amides is 1. The van der Waals surface area contributed by atoms with Crippen molar-refractivity contribution in [1.82, 2.24) is 9.80 Å². The first-order valence-electron chi connectivity index (χ1n) is 6.15. The van der Waals surface area contributed by atoms with Crippen LogP contribution in [0.4, 0.5) is 0 Å². The van der Waals surface area contributed by atoms with Gasteiger partial charge >= 0.3 is 5.97 Å². The van der Waals surface area contributed by atoms with E-state index in [-0.39, 0.29) is 11.8 Å². The lowest BCUT2D eigenvalue weighted by atomic mass is 10.1. The van der Waals surface area contributed by atoms with Crippen molar-refractivity contribution < 1.29 is 14.7 Å². The van der Waals surface area contributed by atoms with E-state index in [1.807, 2.05) is 4.90 Å². The van der Waals surface area contributed by atoms with E-state index in [1.54, 1.807) is 0 Å². The van der Waals surface area contributed by atoms with Gasteiger partial charge in [0.15, 0.2) is 0 Å². The molecule has 0 aromatic heterocycles. The summed E-state index contributed by atoms with van der Waals surface area (Å²) in [6.45, 7) is 5.61. The number of piperazine rings is 1. The Labute approximate surface area is 101 Å². The second-order valence-corrected chi connectivity index (χ2v) is 5.39. The minimum atomic E-state index is -0.835. The zero-order valence-corrected chi connectivity index (χ0v) is 10.6. The van der Waals surface area contributed by atoms with Gasteiger partial charge in [-0.2, -0.15) is 0 Å². The van der Waals surface area contributed by atoms with Gasteiger partial charge in [-0.25, -0.2) is 0 Å². The SMILES string of the molecule is CC1CN(C(=O)C2CC2C(=O)O)CC(C)N1C. The summed E-state index contributed by atoms with van der Waals surface area (Å²) in [5.41, 5.74) is 0. The fraction of sp³-hybridized carbons (Fsp3) is 0.833. The monoisotopic (exact) mass is 240 g/mol. The van der Waals surface area contributed by atoms with E-state index in [9.17, 15) is 9.59 Å². The molecular weight excluding hydrogens is 220 g/mol. The Morgan fingerprint density at radius 2 is 1.65 bits per heavy atom. The average molecular weight is 240 g/mol. The van der Waals surface area contributed by atoms with Gasteiger partial charge in [0.1, 0.15) is 0 Å². The predicted molar refractivity (Wildman–Crippen MR) is 62.5 cm³/mol. The van der Waals surface area contributed by atoms with E-state index < -0.39 is 11.9 Å². The predicted octanol–water partition coefficient (Wildman–Crippen LogP) is 0.258. The molecule has 4 unspecified atom stereocenters. The van der Waals surface area contributed by atoms with Crippen LogP contribution >= 0.6 is 0 Å². The number of rotatable bonds is 2. The summed E-state index contributed by atoms with van der Waals surface area (Å²) in [6, 6.07) is 0.675. The van der Waals surface area contributed by atoms with Gasteiger partial charge in [-0.05, 0) is 27.3 Å². The molecule has 4 atom stereocenters. The van der Waals surface area contributed by atoms with Crippen LogP contribution in [0.3, 0.4) is 0 Å². The smallest absolute Gasteiger partial charge is 0.307 e. The fourth-order valence-electron chi connectivity index (χ4n) is 2.56. The van der Waals surface area contributed by atoms with Gasteiger partial charge in [-0.3, -0.25) is 14.5 Å². The number of carbonyl (C=O) groups excluding carboxylic acids is 1. The summed E-state index contributed by atoms with van der Waals surface area (Å²) >= 11 is 0. The molecule has 0 spiro atoms. The van der Waals surface area contributed by atoms with Crippen molar-refractivity contribution in [2.45, 2.75) is 32.4 Å². The first-order chi connectivity index (χ1) is 7.91. The van der Waals surface area contributed by atoms with E-state index >= 15 is 0 Å². The van der Waals surface area contributed by atoms with Crippen molar-refractivity contribution in [3.63, 3.8) is 0 Å². The van der Waals surface area contributed by atoms with Gasteiger partial charge < -0.3 is 10.0 Å². The van der Waals surface area contributed by atoms with Crippen molar-refractivity contribution in [1.29, 1.82) is 0 Å². The second-order valence-electron chi connectivity index (χ2n) is 5.39. The molecule has 1 aliphatic carbocycles. The maximum Gasteiger partial charge on any atom is 0.307 e. The molecule has 5 nitrogen and oxygen atoms in total. The highest BCUT2D eigenvalue weighted by molar-refractivity contribution is 5.89. The number of hydrogen-bond donors (Lipinski definition) is 1. The summed E-state index contributed by atoms with van der Waals surface area (Å²) in [4.78, 5) is 27.0. The Morgan fingerprint density at radius 3 is 2.06 bits per heavy atom.